The highest BCUT2D eigenvalue weighted by molar-refractivity contribution is 7.89. The molecule has 1 aliphatic heterocycles. The van der Waals surface area contributed by atoms with Crippen LogP contribution in [0.4, 0.5) is 5.82 Å². The molecule has 3 heterocycles. The first kappa shape index (κ1) is 18.9. The van der Waals surface area contributed by atoms with Crippen LogP contribution in [0, 0.1) is 6.92 Å². The third kappa shape index (κ3) is 3.60. The second-order valence-electron chi connectivity index (χ2n) is 6.51. The number of nitrogens with zero attached hydrogens (tertiary/aromatic N) is 6. The van der Waals surface area contributed by atoms with Crippen molar-refractivity contribution in [2.75, 3.05) is 31.1 Å². The Kier molecular flexibility index (Phi) is 5.05. The number of imidazole rings is 1. The molecular weight excluding hydrogens is 400 g/mol. The van der Waals surface area contributed by atoms with Crippen LogP contribution in [0.2, 0.25) is 5.02 Å². The average molecular weight is 419 g/mol. The molecule has 0 N–H and O–H groups in total. The Morgan fingerprint density at radius 2 is 1.79 bits per heavy atom. The maximum absolute atomic E-state index is 13.0. The topological polar surface area (TPSA) is 84.2 Å². The molecule has 3 aromatic rings. The van der Waals surface area contributed by atoms with Gasteiger partial charge in [0.25, 0.3) is 0 Å². The summed E-state index contributed by atoms with van der Waals surface area (Å²) in [4.78, 5) is 14.9. The zero-order valence-corrected chi connectivity index (χ0v) is 16.8. The monoisotopic (exact) mass is 418 g/mol. The molecule has 1 aliphatic rings. The van der Waals surface area contributed by atoms with Crippen LogP contribution in [-0.4, -0.2) is 58.4 Å². The summed E-state index contributed by atoms with van der Waals surface area (Å²) in [5.74, 6) is 1.47. The number of benzene rings is 1. The molecule has 1 saturated heterocycles. The SMILES string of the molecule is Cc1ccc(Cl)cc1S(=O)(=O)N1CCN(c2cc(-n3ccnc3)ncn2)CC1. The van der Waals surface area contributed by atoms with Gasteiger partial charge in [-0.1, -0.05) is 17.7 Å². The standard InChI is InChI=1S/C18H19ClN6O2S/c1-14-2-3-15(19)10-16(14)28(26,27)25-8-6-23(7-9-25)17-11-18(22-12-21-17)24-5-4-20-13-24/h2-5,10-13H,6-9H2,1H3. The van der Waals surface area contributed by atoms with Crippen molar-refractivity contribution in [3.05, 3.63) is 59.9 Å². The van der Waals surface area contributed by atoms with E-state index in [9.17, 15) is 8.42 Å². The number of rotatable bonds is 4. The largest absolute Gasteiger partial charge is 0.354 e. The van der Waals surface area contributed by atoms with E-state index in [1.54, 1.807) is 36.1 Å². The molecule has 4 rings (SSSR count). The van der Waals surface area contributed by atoms with Crippen molar-refractivity contribution >= 4 is 27.4 Å². The van der Waals surface area contributed by atoms with E-state index in [-0.39, 0.29) is 4.90 Å². The van der Waals surface area contributed by atoms with Crippen molar-refractivity contribution in [2.24, 2.45) is 0 Å². The third-order valence-electron chi connectivity index (χ3n) is 4.74. The number of aryl methyl sites for hydroxylation is 1. The summed E-state index contributed by atoms with van der Waals surface area (Å²) < 4.78 is 29.4. The summed E-state index contributed by atoms with van der Waals surface area (Å²) >= 11 is 6.01. The Morgan fingerprint density at radius 1 is 1.04 bits per heavy atom. The smallest absolute Gasteiger partial charge is 0.243 e. The van der Waals surface area contributed by atoms with Crippen molar-refractivity contribution in [1.29, 1.82) is 0 Å². The van der Waals surface area contributed by atoms with Crippen LogP contribution in [0.3, 0.4) is 0 Å². The molecule has 28 heavy (non-hydrogen) atoms. The van der Waals surface area contributed by atoms with Crippen molar-refractivity contribution < 1.29 is 8.42 Å². The maximum atomic E-state index is 13.0. The molecule has 0 bridgehead atoms. The fraction of sp³-hybridized carbons (Fsp3) is 0.278. The van der Waals surface area contributed by atoms with Gasteiger partial charge in [0.2, 0.25) is 10.0 Å². The summed E-state index contributed by atoms with van der Waals surface area (Å²) in [6.07, 6.45) is 6.67. The van der Waals surface area contributed by atoms with E-state index < -0.39 is 10.0 Å². The number of hydrogen-bond acceptors (Lipinski definition) is 6. The summed E-state index contributed by atoms with van der Waals surface area (Å²) in [7, 11) is -3.59. The molecule has 1 aromatic carbocycles. The number of aromatic nitrogens is 4. The van der Waals surface area contributed by atoms with Crippen LogP contribution in [-0.2, 0) is 10.0 Å². The summed E-state index contributed by atoms with van der Waals surface area (Å²) in [6.45, 7) is 3.60. The minimum atomic E-state index is -3.59. The van der Waals surface area contributed by atoms with Crippen LogP contribution in [0.25, 0.3) is 5.82 Å². The van der Waals surface area contributed by atoms with Gasteiger partial charge in [0.05, 0.1) is 4.90 Å². The van der Waals surface area contributed by atoms with E-state index in [0.29, 0.717) is 42.6 Å². The maximum Gasteiger partial charge on any atom is 0.243 e. The van der Waals surface area contributed by atoms with Crippen LogP contribution in [0.5, 0.6) is 0 Å². The van der Waals surface area contributed by atoms with Gasteiger partial charge in [-0.2, -0.15) is 4.31 Å². The molecular formula is C18H19ClN6O2S. The summed E-state index contributed by atoms with van der Waals surface area (Å²) in [6, 6.07) is 6.80. The normalized spacial score (nSPS) is 15.7. The quantitative estimate of drug-likeness (QED) is 0.645. The van der Waals surface area contributed by atoms with Crippen molar-refractivity contribution in [2.45, 2.75) is 11.8 Å². The number of anilines is 1. The molecule has 0 saturated carbocycles. The second kappa shape index (κ2) is 7.50. The fourth-order valence-electron chi connectivity index (χ4n) is 3.19. The van der Waals surface area contributed by atoms with E-state index in [1.165, 1.54) is 16.7 Å². The van der Waals surface area contributed by atoms with Gasteiger partial charge in [0.1, 0.15) is 24.3 Å². The van der Waals surface area contributed by atoms with Gasteiger partial charge in [-0.15, -0.1) is 0 Å². The lowest BCUT2D eigenvalue weighted by Gasteiger charge is -2.35. The molecule has 0 amide bonds. The molecule has 0 radical (unpaired) electrons. The highest BCUT2D eigenvalue weighted by Gasteiger charge is 2.30. The van der Waals surface area contributed by atoms with Crippen molar-refractivity contribution in [3.63, 3.8) is 0 Å². The first-order valence-electron chi connectivity index (χ1n) is 8.77. The molecule has 2 aromatic heterocycles. The molecule has 8 nitrogen and oxygen atoms in total. The molecule has 146 valence electrons. The average Bonchev–Trinajstić information content (AvgIpc) is 3.25. The van der Waals surface area contributed by atoms with E-state index in [2.05, 4.69) is 19.9 Å². The minimum absolute atomic E-state index is 0.262. The van der Waals surface area contributed by atoms with E-state index in [0.717, 1.165) is 5.82 Å². The van der Waals surface area contributed by atoms with Crippen LogP contribution >= 0.6 is 11.6 Å². The Labute approximate surface area is 168 Å². The molecule has 0 aliphatic carbocycles. The predicted octanol–water partition coefficient (Wildman–Crippen LogP) is 2.14. The first-order chi connectivity index (χ1) is 13.4. The Bertz CT molecular complexity index is 1080. The van der Waals surface area contributed by atoms with Gasteiger partial charge >= 0.3 is 0 Å². The lowest BCUT2D eigenvalue weighted by molar-refractivity contribution is 0.383. The van der Waals surface area contributed by atoms with Gasteiger partial charge in [0.15, 0.2) is 0 Å². The van der Waals surface area contributed by atoms with Gasteiger partial charge in [-0.25, -0.2) is 23.4 Å². The van der Waals surface area contributed by atoms with E-state index >= 15 is 0 Å². The highest BCUT2D eigenvalue weighted by Crippen LogP contribution is 2.25. The second-order valence-corrected chi connectivity index (χ2v) is 8.85. The summed E-state index contributed by atoms with van der Waals surface area (Å²) in [5, 5.41) is 0.413. The molecule has 0 unspecified atom stereocenters. The first-order valence-corrected chi connectivity index (χ1v) is 10.6. The lowest BCUT2D eigenvalue weighted by atomic mass is 10.2. The predicted molar refractivity (Wildman–Crippen MR) is 106 cm³/mol. The molecule has 0 spiro atoms. The summed E-state index contributed by atoms with van der Waals surface area (Å²) in [5.41, 5.74) is 0.688. The minimum Gasteiger partial charge on any atom is -0.354 e. The number of halogens is 1. The van der Waals surface area contributed by atoms with Crippen molar-refractivity contribution in [1.82, 2.24) is 23.8 Å². The van der Waals surface area contributed by atoms with Gasteiger partial charge in [-0.05, 0) is 24.6 Å². The van der Waals surface area contributed by atoms with Gasteiger partial charge in [0, 0.05) is 49.7 Å². The van der Waals surface area contributed by atoms with Crippen LogP contribution in [0.1, 0.15) is 5.56 Å². The number of piperazine rings is 1. The Hall–Kier alpha value is -2.49. The van der Waals surface area contributed by atoms with E-state index in [4.69, 9.17) is 11.6 Å². The molecule has 0 atom stereocenters. The van der Waals surface area contributed by atoms with Crippen molar-refractivity contribution in [3.8, 4) is 5.82 Å². The number of hydrogen-bond donors (Lipinski definition) is 0. The third-order valence-corrected chi connectivity index (χ3v) is 7.01. The lowest BCUT2D eigenvalue weighted by Crippen LogP contribution is -2.49. The number of sulfonamides is 1. The zero-order valence-electron chi connectivity index (χ0n) is 15.2. The molecule has 10 heteroatoms. The van der Waals surface area contributed by atoms with E-state index in [1.807, 2.05) is 12.3 Å². The van der Waals surface area contributed by atoms with Crippen LogP contribution < -0.4 is 4.90 Å². The van der Waals surface area contributed by atoms with Gasteiger partial charge < -0.3 is 4.90 Å². The highest BCUT2D eigenvalue weighted by atomic mass is 35.5. The van der Waals surface area contributed by atoms with Crippen LogP contribution in [0.15, 0.2) is 54.2 Å². The molecule has 1 fully saturated rings. The van der Waals surface area contributed by atoms with Gasteiger partial charge in [-0.3, -0.25) is 4.57 Å². The Morgan fingerprint density at radius 3 is 2.50 bits per heavy atom. The fourth-order valence-corrected chi connectivity index (χ4v) is 5.10. The zero-order chi connectivity index (χ0) is 19.7. The Balaban J connectivity index is 1.51.